The van der Waals surface area contributed by atoms with Gasteiger partial charge in [0.25, 0.3) is 0 Å². The van der Waals surface area contributed by atoms with Crippen LogP contribution in [0.3, 0.4) is 0 Å². The number of amides is 2. The predicted molar refractivity (Wildman–Crippen MR) is 142 cm³/mol. The number of carbonyl (C=O) groups excluding carboxylic acids is 2. The molecule has 0 aromatic heterocycles. The number of ether oxygens (including phenoxy) is 3. The first-order valence-electron chi connectivity index (χ1n) is 13.3. The number of aliphatic hydroxyl groups excluding tert-OH is 1. The van der Waals surface area contributed by atoms with Crippen molar-refractivity contribution in [2.24, 2.45) is 0 Å². The molecule has 2 aromatic carbocycles. The number of carbonyl (C=O) groups is 2. The normalized spacial score (nSPS) is 24.2. The van der Waals surface area contributed by atoms with Crippen LogP contribution in [0.15, 0.2) is 60.7 Å². The smallest absolute Gasteiger partial charge is 0.223 e. The first kappa shape index (κ1) is 28.2. The zero-order chi connectivity index (χ0) is 26.7. The first-order valence-corrected chi connectivity index (χ1v) is 13.3. The van der Waals surface area contributed by atoms with E-state index < -0.39 is 24.4 Å². The minimum Gasteiger partial charge on any atom is -0.394 e. The maximum atomic E-state index is 12.9. The van der Waals surface area contributed by atoms with Gasteiger partial charge in [0.2, 0.25) is 11.8 Å². The Morgan fingerprint density at radius 3 is 2.05 bits per heavy atom. The lowest BCUT2D eigenvalue weighted by Gasteiger charge is -2.42. The molecule has 206 valence electrons. The van der Waals surface area contributed by atoms with Crippen molar-refractivity contribution in [1.82, 2.24) is 15.1 Å². The molecule has 2 saturated heterocycles. The standard InChI is InChI=1S/C29H39N3O6/c1-31-14-16-32(17-15-31)27(35)13-12-26(34)30-24-21-36-25(18-33)29(38-20-23-10-6-3-7-11-23)28(24)37-19-22-8-4-2-5-9-22/h2-11,24-25,28-29,33H,12-21H2,1H3,(H,30,34)/t24-,25+,28+,29+/m0/s1. The van der Waals surface area contributed by atoms with Crippen LogP contribution >= 0.6 is 0 Å². The topological polar surface area (TPSA) is 101 Å². The van der Waals surface area contributed by atoms with Crippen molar-refractivity contribution in [3.63, 3.8) is 0 Å². The van der Waals surface area contributed by atoms with E-state index in [0.717, 1.165) is 24.2 Å². The Kier molecular flexibility index (Phi) is 10.7. The van der Waals surface area contributed by atoms with Gasteiger partial charge in [-0.15, -0.1) is 0 Å². The molecule has 0 bridgehead atoms. The zero-order valence-electron chi connectivity index (χ0n) is 22.0. The highest BCUT2D eigenvalue weighted by molar-refractivity contribution is 5.84. The third kappa shape index (κ3) is 8.09. The summed E-state index contributed by atoms with van der Waals surface area (Å²) in [7, 11) is 2.04. The highest BCUT2D eigenvalue weighted by Crippen LogP contribution is 2.24. The van der Waals surface area contributed by atoms with E-state index in [0.29, 0.717) is 26.3 Å². The van der Waals surface area contributed by atoms with Crippen LogP contribution in [-0.4, -0.2) is 97.5 Å². The molecule has 4 atom stereocenters. The van der Waals surface area contributed by atoms with Gasteiger partial charge < -0.3 is 34.4 Å². The van der Waals surface area contributed by atoms with Crippen molar-refractivity contribution in [3.05, 3.63) is 71.8 Å². The van der Waals surface area contributed by atoms with Crippen LogP contribution in [0, 0.1) is 0 Å². The van der Waals surface area contributed by atoms with Crippen molar-refractivity contribution in [1.29, 1.82) is 0 Å². The minimum atomic E-state index is -0.602. The van der Waals surface area contributed by atoms with Crippen LogP contribution in [0.4, 0.5) is 0 Å². The molecule has 0 spiro atoms. The fourth-order valence-corrected chi connectivity index (χ4v) is 4.80. The molecule has 2 fully saturated rings. The molecular formula is C29H39N3O6. The summed E-state index contributed by atoms with van der Waals surface area (Å²) in [5, 5.41) is 13.0. The molecule has 38 heavy (non-hydrogen) atoms. The quantitative estimate of drug-likeness (QED) is 0.460. The second-order valence-corrected chi connectivity index (χ2v) is 9.93. The predicted octanol–water partition coefficient (Wildman–Crippen LogP) is 1.59. The molecule has 2 aliphatic rings. The van der Waals surface area contributed by atoms with Gasteiger partial charge in [-0.2, -0.15) is 0 Å². The molecular weight excluding hydrogens is 486 g/mol. The highest BCUT2D eigenvalue weighted by atomic mass is 16.6. The summed E-state index contributed by atoms with van der Waals surface area (Å²) in [5.74, 6) is -0.243. The minimum absolute atomic E-state index is 0.00515. The van der Waals surface area contributed by atoms with Crippen LogP contribution in [0.25, 0.3) is 0 Å². The van der Waals surface area contributed by atoms with E-state index in [1.807, 2.05) is 72.6 Å². The Bertz CT molecular complexity index is 1000. The van der Waals surface area contributed by atoms with E-state index in [-0.39, 0.29) is 37.9 Å². The third-order valence-corrected chi connectivity index (χ3v) is 7.10. The monoisotopic (exact) mass is 525 g/mol. The maximum absolute atomic E-state index is 12.9. The molecule has 2 N–H and O–H groups in total. The number of likely N-dealkylation sites (N-methyl/N-ethyl adjacent to an activating group) is 1. The summed E-state index contributed by atoms with van der Waals surface area (Å²) in [5.41, 5.74) is 1.98. The number of aliphatic hydroxyl groups is 1. The van der Waals surface area contributed by atoms with Crippen molar-refractivity contribution in [2.75, 3.05) is 46.4 Å². The molecule has 2 heterocycles. The molecule has 4 rings (SSSR count). The SMILES string of the molecule is CN1CCN(C(=O)CCC(=O)N[C@H]2CO[C@H](CO)[C@@H](OCc3ccccc3)[C@@H]2OCc2ccccc2)CC1. The molecule has 2 amide bonds. The number of nitrogens with one attached hydrogen (secondary N) is 1. The van der Waals surface area contributed by atoms with E-state index in [9.17, 15) is 14.7 Å². The van der Waals surface area contributed by atoms with Gasteiger partial charge in [0.15, 0.2) is 0 Å². The van der Waals surface area contributed by atoms with Crippen LogP contribution < -0.4 is 5.32 Å². The number of piperazine rings is 1. The van der Waals surface area contributed by atoms with Gasteiger partial charge in [0.05, 0.1) is 32.5 Å². The summed E-state index contributed by atoms with van der Waals surface area (Å²) in [6, 6.07) is 19.0. The van der Waals surface area contributed by atoms with E-state index >= 15 is 0 Å². The summed E-state index contributed by atoms with van der Waals surface area (Å²) < 4.78 is 18.5. The van der Waals surface area contributed by atoms with Crippen molar-refractivity contribution in [3.8, 4) is 0 Å². The zero-order valence-corrected chi connectivity index (χ0v) is 22.0. The van der Waals surface area contributed by atoms with Crippen LogP contribution in [0.1, 0.15) is 24.0 Å². The summed E-state index contributed by atoms with van der Waals surface area (Å²) >= 11 is 0. The van der Waals surface area contributed by atoms with Crippen molar-refractivity contribution in [2.45, 2.75) is 50.4 Å². The van der Waals surface area contributed by atoms with Gasteiger partial charge in [-0.25, -0.2) is 0 Å². The van der Waals surface area contributed by atoms with Gasteiger partial charge in [0, 0.05) is 39.0 Å². The Morgan fingerprint density at radius 1 is 0.895 bits per heavy atom. The molecule has 0 saturated carbocycles. The molecule has 9 nitrogen and oxygen atoms in total. The average Bonchev–Trinajstić information content (AvgIpc) is 2.95. The second-order valence-electron chi connectivity index (χ2n) is 9.93. The molecule has 0 radical (unpaired) electrons. The maximum Gasteiger partial charge on any atom is 0.223 e. The Balaban J connectivity index is 1.40. The Morgan fingerprint density at radius 2 is 1.47 bits per heavy atom. The lowest BCUT2D eigenvalue weighted by molar-refractivity contribution is -0.204. The number of hydrogen-bond donors (Lipinski definition) is 2. The lowest BCUT2D eigenvalue weighted by Crippen LogP contribution is -2.61. The molecule has 2 aromatic rings. The van der Waals surface area contributed by atoms with Gasteiger partial charge in [-0.3, -0.25) is 9.59 Å². The molecule has 9 heteroatoms. The highest BCUT2D eigenvalue weighted by Gasteiger charge is 2.42. The first-order chi connectivity index (χ1) is 18.5. The molecule has 2 aliphatic heterocycles. The molecule has 0 aliphatic carbocycles. The Hall–Kier alpha value is -2.82. The largest absolute Gasteiger partial charge is 0.394 e. The summed E-state index contributed by atoms with van der Waals surface area (Å²) in [6.45, 7) is 3.64. The summed E-state index contributed by atoms with van der Waals surface area (Å²) in [4.78, 5) is 29.5. The van der Waals surface area contributed by atoms with E-state index in [1.165, 1.54) is 0 Å². The molecule has 0 unspecified atom stereocenters. The average molecular weight is 526 g/mol. The third-order valence-electron chi connectivity index (χ3n) is 7.10. The second kappa shape index (κ2) is 14.4. The number of nitrogens with zero attached hydrogens (tertiary/aromatic N) is 2. The van der Waals surface area contributed by atoms with Crippen LogP contribution in [0.5, 0.6) is 0 Å². The number of rotatable bonds is 11. The van der Waals surface area contributed by atoms with Gasteiger partial charge >= 0.3 is 0 Å². The van der Waals surface area contributed by atoms with Crippen molar-refractivity contribution >= 4 is 11.8 Å². The van der Waals surface area contributed by atoms with E-state index in [1.54, 1.807) is 0 Å². The van der Waals surface area contributed by atoms with Crippen LogP contribution in [0.2, 0.25) is 0 Å². The fourth-order valence-electron chi connectivity index (χ4n) is 4.80. The summed E-state index contributed by atoms with van der Waals surface area (Å²) in [6.07, 6.45) is -1.50. The number of hydrogen-bond acceptors (Lipinski definition) is 7. The Labute approximate surface area is 224 Å². The van der Waals surface area contributed by atoms with Gasteiger partial charge in [0.1, 0.15) is 18.3 Å². The van der Waals surface area contributed by atoms with Crippen LogP contribution in [-0.2, 0) is 37.0 Å². The van der Waals surface area contributed by atoms with Gasteiger partial charge in [-0.05, 0) is 18.2 Å². The van der Waals surface area contributed by atoms with Gasteiger partial charge in [-0.1, -0.05) is 60.7 Å². The lowest BCUT2D eigenvalue weighted by atomic mass is 9.97. The van der Waals surface area contributed by atoms with E-state index in [4.69, 9.17) is 14.2 Å². The fraction of sp³-hybridized carbons (Fsp3) is 0.517. The van der Waals surface area contributed by atoms with E-state index in [2.05, 4.69) is 10.2 Å². The number of benzene rings is 2. The van der Waals surface area contributed by atoms with Crippen molar-refractivity contribution < 1.29 is 28.9 Å².